The van der Waals surface area contributed by atoms with Crippen molar-refractivity contribution in [1.29, 1.82) is 0 Å². The molecule has 2 fully saturated rings. The molecule has 0 bridgehead atoms. The van der Waals surface area contributed by atoms with Crippen molar-refractivity contribution in [3.05, 3.63) is 42.0 Å². The van der Waals surface area contributed by atoms with Crippen LogP contribution in [-0.4, -0.2) is 6.61 Å². The summed E-state index contributed by atoms with van der Waals surface area (Å²) in [6, 6.07) is 8.85. The smallest absolute Gasteiger partial charge is 0.119 e. The lowest BCUT2D eigenvalue weighted by Gasteiger charge is -2.26. The molecule has 0 radical (unpaired) electrons. The fraction of sp³-hybridized carbons (Fsp3) is 0.655. The number of ether oxygens (including phenoxy) is 1. The number of hydrogen-bond donors (Lipinski definition) is 0. The third kappa shape index (κ3) is 7.54. The van der Waals surface area contributed by atoms with Gasteiger partial charge in [-0.15, -0.1) is 0 Å². The van der Waals surface area contributed by atoms with Gasteiger partial charge in [0.1, 0.15) is 5.75 Å². The zero-order valence-corrected chi connectivity index (χ0v) is 19.4. The number of benzene rings is 1. The van der Waals surface area contributed by atoms with Crippen LogP contribution in [0.3, 0.4) is 0 Å². The molecule has 0 saturated heterocycles. The quantitative estimate of drug-likeness (QED) is 0.311. The zero-order valence-electron chi connectivity index (χ0n) is 19.4. The maximum atomic E-state index is 5.80. The molecule has 3 rings (SSSR count). The van der Waals surface area contributed by atoms with Crippen LogP contribution >= 0.6 is 0 Å². The van der Waals surface area contributed by atoms with Gasteiger partial charge in [-0.3, -0.25) is 0 Å². The molecule has 164 valence electrons. The van der Waals surface area contributed by atoms with Crippen molar-refractivity contribution >= 4 is 0 Å². The Labute approximate surface area is 185 Å². The Hall–Kier alpha value is -1.68. The van der Waals surface area contributed by atoms with Crippen molar-refractivity contribution in [2.45, 2.75) is 96.8 Å². The van der Waals surface area contributed by atoms with Gasteiger partial charge in [0.15, 0.2) is 0 Å². The summed E-state index contributed by atoms with van der Waals surface area (Å²) in [5, 5.41) is 0. The molecule has 2 aliphatic carbocycles. The molecule has 30 heavy (non-hydrogen) atoms. The van der Waals surface area contributed by atoms with Crippen molar-refractivity contribution in [3.8, 4) is 17.6 Å². The van der Waals surface area contributed by atoms with Crippen LogP contribution in [0.25, 0.3) is 0 Å². The maximum absolute atomic E-state index is 5.80. The van der Waals surface area contributed by atoms with Gasteiger partial charge in [-0.05, 0) is 99.3 Å². The van der Waals surface area contributed by atoms with E-state index in [0.717, 1.165) is 30.6 Å². The summed E-state index contributed by atoms with van der Waals surface area (Å²) in [5.41, 5.74) is 1.47. The molecule has 0 heterocycles. The standard InChI is InChI=1S/C29H42O/c1-3-5-23-30-29-21-19-28(20-22-29)27-17-15-26(16-18-27)10-7-6-9-25-13-11-24(8-4-2)12-14-25/h6,9,19-22,24-27H,3-5,8,11-18,23H2,1-2H3. The molecule has 1 aromatic rings. The predicted octanol–water partition coefficient (Wildman–Crippen LogP) is 8.31. The van der Waals surface area contributed by atoms with Gasteiger partial charge in [-0.1, -0.05) is 63.2 Å². The minimum Gasteiger partial charge on any atom is -0.494 e. The third-order valence-electron chi connectivity index (χ3n) is 7.17. The molecule has 0 aromatic heterocycles. The van der Waals surface area contributed by atoms with Crippen molar-refractivity contribution in [2.24, 2.45) is 17.8 Å². The van der Waals surface area contributed by atoms with E-state index in [9.17, 15) is 0 Å². The van der Waals surface area contributed by atoms with Gasteiger partial charge in [0, 0.05) is 5.92 Å². The second kappa shape index (κ2) is 12.9. The highest BCUT2D eigenvalue weighted by Crippen LogP contribution is 2.36. The molecule has 2 saturated carbocycles. The average Bonchev–Trinajstić information content (AvgIpc) is 2.79. The fourth-order valence-corrected chi connectivity index (χ4v) is 5.17. The molecule has 0 atom stereocenters. The van der Waals surface area contributed by atoms with E-state index in [1.807, 2.05) is 0 Å². The molecule has 1 aromatic carbocycles. The molecule has 0 aliphatic heterocycles. The monoisotopic (exact) mass is 406 g/mol. The lowest BCUT2D eigenvalue weighted by Crippen LogP contribution is -2.12. The van der Waals surface area contributed by atoms with Crippen LogP contribution in [-0.2, 0) is 0 Å². The van der Waals surface area contributed by atoms with Gasteiger partial charge >= 0.3 is 0 Å². The summed E-state index contributed by atoms with van der Waals surface area (Å²) in [6.07, 6.45) is 20.2. The topological polar surface area (TPSA) is 9.23 Å². The first-order valence-electron chi connectivity index (χ1n) is 12.7. The van der Waals surface area contributed by atoms with E-state index in [0.29, 0.717) is 11.8 Å². The van der Waals surface area contributed by atoms with Gasteiger partial charge in [-0.25, -0.2) is 0 Å². The summed E-state index contributed by atoms with van der Waals surface area (Å²) < 4.78 is 5.80. The largest absolute Gasteiger partial charge is 0.494 e. The Morgan fingerprint density at radius 1 is 0.900 bits per heavy atom. The van der Waals surface area contributed by atoms with Crippen LogP contribution in [0.4, 0.5) is 0 Å². The van der Waals surface area contributed by atoms with Crippen LogP contribution in [0.15, 0.2) is 36.4 Å². The molecule has 1 heteroatoms. The van der Waals surface area contributed by atoms with Crippen LogP contribution in [0.5, 0.6) is 5.75 Å². The highest BCUT2D eigenvalue weighted by Gasteiger charge is 2.21. The Balaban J connectivity index is 1.37. The first-order chi connectivity index (χ1) is 14.8. The Bertz CT molecular complexity index is 673. The molecule has 0 spiro atoms. The van der Waals surface area contributed by atoms with Crippen LogP contribution in [0.1, 0.15) is 102 Å². The van der Waals surface area contributed by atoms with Crippen molar-refractivity contribution in [1.82, 2.24) is 0 Å². The molecular formula is C29H42O. The highest BCUT2D eigenvalue weighted by atomic mass is 16.5. The molecule has 0 unspecified atom stereocenters. The maximum Gasteiger partial charge on any atom is 0.119 e. The zero-order chi connectivity index (χ0) is 21.0. The normalized spacial score (nSPS) is 26.9. The summed E-state index contributed by atoms with van der Waals surface area (Å²) in [7, 11) is 0. The lowest BCUT2D eigenvalue weighted by molar-refractivity contribution is 0.294. The Kier molecular flexibility index (Phi) is 9.88. The lowest BCUT2D eigenvalue weighted by atomic mass is 9.79. The fourth-order valence-electron chi connectivity index (χ4n) is 5.17. The van der Waals surface area contributed by atoms with E-state index in [1.165, 1.54) is 76.2 Å². The van der Waals surface area contributed by atoms with Crippen molar-refractivity contribution in [3.63, 3.8) is 0 Å². The summed E-state index contributed by atoms with van der Waals surface area (Å²) in [6.45, 7) is 5.34. The predicted molar refractivity (Wildman–Crippen MR) is 129 cm³/mol. The molecule has 1 nitrogen and oxygen atoms in total. The van der Waals surface area contributed by atoms with Gasteiger partial charge < -0.3 is 4.74 Å². The SMILES string of the molecule is CCCCOc1ccc(C2CCC(C#CC=CC3CCC(CCC)CC3)CC2)cc1. The van der Waals surface area contributed by atoms with Crippen LogP contribution in [0.2, 0.25) is 0 Å². The van der Waals surface area contributed by atoms with Gasteiger partial charge in [-0.2, -0.15) is 0 Å². The van der Waals surface area contributed by atoms with Crippen LogP contribution in [0, 0.1) is 29.6 Å². The first-order valence-corrected chi connectivity index (χ1v) is 12.7. The van der Waals surface area contributed by atoms with E-state index < -0.39 is 0 Å². The summed E-state index contributed by atoms with van der Waals surface area (Å²) in [5.74, 6) is 11.0. The van der Waals surface area contributed by atoms with Gasteiger partial charge in [0.05, 0.1) is 6.61 Å². The summed E-state index contributed by atoms with van der Waals surface area (Å²) >= 11 is 0. The van der Waals surface area contributed by atoms with Crippen LogP contribution < -0.4 is 4.74 Å². The van der Waals surface area contributed by atoms with E-state index in [4.69, 9.17) is 4.74 Å². The molecular weight excluding hydrogens is 364 g/mol. The average molecular weight is 407 g/mol. The second-order valence-corrected chi connectivity index (χ2v) is 9.54. The van der Waals surface area contributed by atoms with E-state index in [-0.39, 0.29) is 0 Å². The van der Waals surface area contributed by atoms with Gasteiger partial charge in [0.25, 0.3) is 0 Å². The Morgan fingerprint density at radius 3 is 2.30 bits per heavy atom. The first kappa shape index (κ1) is 23.0. The number of hydrogen-bond acceptors (Lipinski definition) is 1. The third-order valence-corrected chi connectivity index (χ3v) is 7.17. The number of rotatable bonds is 8. The molecule has 2 aliphatic rings. The highest BCUT2D eigenvalue weighted by molar-refractivity contribution is 5.30. The van der Waals surface area contributed by atoms with E-state index >= 15 is 0 Å². The van der Waals surface area contributed by atoms with E-state index in [2.05, 4.69) is 62.1 Å². The Morgan fingerprint density at radius 2 is 1.63 bits per heavy atom. The number of allylic oxidation sites excluding steroid dienone is 2. The summed E-state index contributed by atoms with van der Waals surface area (Å²) in [4.78, 5) is 0. The molecule has 0 N–H and O–H groups in total. The number of unbranched alkanes of at least 4 members (excludes halogenated alkanes) is 1. The minimum absolute atomic E-state index is 0.586. The van der Waals surface area contributed by atoms with Crippen molar-refractivity contribution < 1.29 is 4.74 Å². The molecule has 0 amide bonds. The van der Waals surface area contributed by atoms with Gasteiger partial charge in [0.2, 0.25) is 0 Å². The minimum atomic E-state index is 0.586. The second-order valence-electron chi connectivity index (χ2n) is 9.54. The van der Waals surface area contributed by atoms with Crippen molar-refractivity contribution in [2.75, 3.05) is 6.61 Å². The van der Waals surface area contributed by atoms with E-state index in [1.54, 1.807) is 0 Å².